The molecule has 1 aromatic rings. The van der Waals surface area contributed by atoms with E-state index in [4.69, 9.17) is 10.4 Å². The molecular formula is C14H20N2O. The summed E-state index contributed by atoms with van der Waals surface area (Å²) in [5.41, 5.74) is 1.14. The Morgan fingerprint density at radius 2 is 1.94 bits per heavy atom. The largest absolute Gasteiger partial charge is 0.395 e. The van der Waals surface area contributed by atoms with Crippen molar-refractivity contribution >= 4 is 0 Å². The Kier molecular flexibility index (Phi) is 5.68. The zero-order chi connectivity index (χ0) is 12.7. The summed E-state index contributed by atoms with van der Waals surface area (Å²) in [5, 5.41) is 18.1. The predicted octanol–water partition coefficient (Wildman–Crippen LogP) is 2.34. The lowest BCUT2D eigenvalue weighted by Gasteiger charge is -2.33. The van der Waals surface area contributed by atoms with Gasteiger partial charge in [0, 0.05) is 18.6 Å². The highest BCUT2D eigenvalue weighted by Crippen LogP contribution is 2.25. The smallest absolute Gasteiger partial charge is 0.0641 e. The maximum Gasteiger partial charge on any atom is 0.0641 e. The molecule has 0 radical (unpaired) electrons. The van der Waals surface area contributed by atoms with E-state index in [1.807, 2.05) is 30.3 Å². The molecule has 0 bridgehead atoms. The van der Waals surface area contributed by atoms with E-state index < -0.39 is 0 Å². The van der Waals surface area contributed by atoms with Crippen LogP contribution in [0, 0.1) is 11.3 Å². The van der Waals surface area contributed by atoms with E-state index in [0.29, 0.717) is 19.0 Å². The summed E-state index contributed by atoms with van der Waals surface area (Å²) in [4.78, 5) is 2.17. The van der Waals surface area contributed by atoms with Gasteiger partial charge in [-0.1, -0.05) is 30.3 Å². The molecule has 92 valence electrons. The molecule has 0 amide bonds. The third-order valence-corrected chi connectivity index (χ3v) is 2.89. The van der Waals surface area contributed by atoms with Gasteiger partial charge in [0.2, 0.25) is 0 Å². The van der Waals surface area contributed by atoms with Crippen LogP contribution >= 0.6 is 0 Å². The van der Waals surface area contributed by atoms with Gasteiger partial charge in [-0.25, -0.2) is 0 Å². The molecule has 1 N–H and O–H groups in total. The number of hydrogen-bond acceptors (Lipinski definition) is 3. The minimum absolute atomic E-state index is 0.0633. The first kappa shape index (κ1) is 13.7. The summed E-state index contributed by atoms with van der Waals surface area (Å²) in [6.07, 6.45) is 0.447. The minimum atomic E-state index is 0.0633. The Morgan fingerprint density at radius 1 is 1.29 bits per heavy atom. The highest BCUT2D eigenvalue weighted by molar-refractivity contribution is 5.20. The predicted molar refractivity (Wildman–Crippen MR) is 68.3 cm³/mol. The fourth-order valence-corrected chi connectivity index (χ4v) is 2.08. The molecule has 0 saturated carbocycles. The van der Waals surface area contributed by atoms with Crippen LogP contribution in [0.4, 0.5) is 0 Å². The maximum absolute atomic E-state index is 9.13. The number of benzene rings is 1. The van der Waals surface area contributed by atoms with Gasteiger partial charge >= 0.3 is 0 Å². The Hall–Kier alpha value is -1.37. The van der Waals surface area contributed by atoms with Crippen LogP contribution in [-0.2, 0) is 0 Å². The second-order valence-corrected chi connectivity index (χ2v) is 4.34. The lowest BCUT2D eigenvalue weighted by atomic mass is 10.0. The van der Waals surface area contributed by atoms with Gasteiger partial charge in [-0.15, -0.1) is 0 Å². The van der Waals surface area contributed by atoms with Crippen molar-refractivity contribution in [3.05, 3.63) is 35.9 Å². The average Bonchev–Trinajstić information content (AvgIpc) is 2.34. The monoisotopic (exact) mass is 232 g/mol. The van der Waals surface area contributed by atoms with Crippen LogP contribution in [-0.4, -0.2) is 29.2 Å². The summed E-state index contributed by atoms with van der Waals surface area (Å²) in [6.45, 7) is 4.89. The van der Waals surface area contributed by atoms with Crippen LogP contribution in [0.25, 0.3) is 0 Å². The molecule has 1 rings (SSSR count). The lowest BCUT2D eigenvalue weighted by molar-refractivity contribution is 0.119. The molecule has 3 nitrogen and oxygen atoms in total. The summed E-state index contributed by atoms with van der Waals surface area (Å²) in [6, 6.07) is 12.6. The topological polar surface area (TPSA) is 47.3 Å². The fourth-order valence-electron chi connectivity index (χ4n) is 2.08. The Morgan fingerprint density at radius 3 is 2.41 bits per heavy atom. The fraction of sp³-hybridized carbons (Fsp3) is 0.500. The van der Waals surface area contributed by atoms with Crippen LogP contribution in [0.5, 0.6) is 0 Å². The Labute approximate surface area is 103 Å². The van der Waals surface area contributed by atoms with E-state index >= 15 is 0 Å². The zero-order valence-electron chi connectivity index (χ0n) is 10.5. The van der Waals surface area contributed by atoms with Crippen molar-refractivity contribution < 1.29 is 5.11 Å². The van der Waals surface area contributed by atoms with Gasteiger partial charge in [-0.05, 0) is 19.4 Å². The molecule has 0 aliphatic rings. The van der Waals surface area contributed by atoms with Crippen LogP contribution in [0.1, 0.15) is 31.9 Å². The summed E-state index contributed by atoms with van der Waals surface area (Å²) in [5.74, 6) is 0. The van der Waals surface area contributed by atoms with E-state index in [0.717, 1.165) is 5.56 Å². The number of hydrogen-bond donors (Lipinski definition) is 1. The standard InChI is InChI=1S/C14H20N2O/c1-12(2)16(10-11-17)14(8-9-15)13-6-4-3-5-7-13/h3-7,12,14,17H,8,10-11H2,1-2H3. The molecule has 17 heavy (non-hydrogen) atoms. The van der Waals surface area contributed by atoms with Crippen LogP contribution in [0.15, 0.2) is 30.3 Å². The normalized spacial score (nSPS) is 12.7. The number of aliphatic hydroxyl groups excluding tert-OH is 1. The molecule has 0 aliphatic heterocycles. The van der Waals surface area contributed by atoms with E-state index in [2.05, 4.69) is 24.8 Å². The van der Waals surface area contributed by atoms with Gasteiger partial charge in [-0.3, -0.25) is 4.90 Å². The maximum atomic E-state index is 9.13. The second-order valence-electron chi connectivity index (χ2n) is 4.34. The first-order valence-corrected chi connectivity index (χ1v) is 5.99. The van der Waals surface area contributed by atoms with Crippen molar-refractivity contribution in [3.63, 3.8) is 0 Å². The Balaban J connectivity index is 2.94. The molecule has 3 heteroatoms. The SMILES string of the molecule is CC(C)N(CCO)C(CC#N)c1ccccc1. The number of nitrogens with zero attached hydrogens (tertiary/aromatic N) is 2. The van der Waals surface area contributed by atoms with Gasteiger partial charge in [0.25, 0.3) is 0 Å². The molecule has 0 heterocycles. The van der Waals surface area contributed by atoms with Gasteiger partial charge in [0.1, 0.15) is 0 Å². The van der Waals surface area contributed by atoms with E-state index in [1.54, 1.807) is 0 Å². The van der Waals surface area contributed by atoms with Crippen LogP contribution in [0.3, 0.4) is 0 Å². The molecule has 0 saturated heterocycles. The highest BCUT2D eigenvalue weighted by Gasteiger charge is 2.21. The van der Waals surface area contributed by atoms with Gasteiger partial charge < -0.3 is 5.11 Å². The minimum Gasteiger partial charge on any atom is -0.395 e. The zero-order valence-corrected chi connectivity index (χ0v) is 10.5. The van der Waals surface area contributed by atoms with Gasteiger partial charge in [0.15, 0.2) is 0 Å². The molecule has 0 aromatic heterocycles. The van der Waals surface area contributed by atoms with E-state index in [1.165, 1.54) is 0 Å². The third kappa shape index (κ3) is 3.85. The van der Waals surface area contributed by atoms with Crippen molar-refractivity contribution in [3.8, 4) is 6.07 Å². The van der Waals surface area contributed by atoms with Crippen molar-refractivity contribution in [1.29, 1.82) is 5.26 Å². The molecule has 1 unspecified atom stereocenters. The lowest BCUT2D eigenvalue weighted by Crippen LogP contribution is -2.37. The first-order chi connectivity index (χ1) is 8.20. The summed E-state index contributed by atoms with van der Waals surface area (Å²) >= 11 is 0. The molecular weight excluding hydrogens is 212 g/mol. The van der Waals surface area contributed by atoms with Crippen molar-refractivity contribution in [2.45, 2.75) is 32.4 Å². The summed E-state index contributed by atoms with van der Waals surface area (Å²) in [7, 11) is 0. The van der Waals surface area contributed by atoms with E-state index in [9.17, 15) is 0 Å². The van der Waals surface area contributed by atoms with Crippen LogP contribution in [0.2, 0.25) is 0 Å². The Bertz CT molecular complexity index is 356. The van der Waals surface area contributed by atoms with Crippen molar-refractivity contribution in [1.82, 2.24) is 4.90 Å². The van der Waals surface area contributed by atoms with Crippen molar-refractivity contribution in [2.24, 2.45) is 0 Å². The van der Waals surface area contributed by atoms with Crippen molar-refractivity contribution in [2.75, 3.05) is 13.2 Å². The molecule has 0 spiro atoms. The molecule has 0 aliphatic carbocycles. The number of rotatable bonds is 6. The number of aliphatic hydroxyl groups is 1. The first-order valence-electron chi connectivity index (χ1n) is 5.99. The average molecular weight is 232 g/mol. The quantitative estimate of drug-likeness (QED) is 0.819. The summed E-state index contributed by atoms with van der Waals surface area (Å²) < 4.78 is 0. The molecule has 1 aromatic carbocycles. The third-order valence-electron chi connectivity index (χ3n) is 2.89. The second kappa shape index (κ2) is 7.05. The van der Waals surface area contributed by atoms with Gasteiger partial charge in [-0.2, -0.15) is 5.26 Å². The number of nitriles is 1. The van der Waals surface area contributed by atoms with Gasteiger partial charge in [0.05, 0.1) is 19.1 Å². The molecule has 1 atom stereocenters. The van der Waals surface area contributed by atoms with Crippen LogP contribution < -0.4 is 0 Å². The highest BCUT2D eigenvalue weighted by atomic mass is 16.3. The van der Waals surface area contributed by atoms with E-state index in [-0.39, 0.29) is 12.6 Å². The molecule has 0 fully saturated rings.